The molecule has 0 aromatic carbocycles. The van der Waals surface area contributed by atoms with Crippen molar-refractivity contribution >= 4 is 11.7 Å². The van der Waals surface area contributed by atoms with Crippen molar-refractivity contribution in [3.05, 3.63) is 12.2 Å². The van der Waals surface area contributed by atoms with Crippen LogP contribution in [-0.4, -0.2) is 66.9 Å². The van der Waals surface area contributed by atoms with E-state index in [4.69, 9.17) is 4.74 Å². The molecule has 0 N–H and O–H groups in total. The molecule has 1 amide bonds. The third kappa shape index (κ3) is 2.44. The summed E-state index contributed by atoms with van der Waals surface area (Å²) in [6, 6.07) is 0.400. The van der Waals surface area contributed by atoms with Gasteiger partial charge in [0, 0.05) is 37.0 Å². The molecule has 2 unspecified atom stereocenters. The molecule has 5 aliphatic rings. The highest BCUT2D eigenvalue weighted by Crippen LogP contribution is 2.63. The number of amides is 1. The Morgan fingerprint density at radius 1 is 1.07 bits per heavy atom. The Kier molecular flexibility index (Phi) is 4.30. The Morgan fingerprint density at radius 2 is 1.82 bits per heavy atom. The Bertz CT molecular complexity index is 715. The van der Waals surface area contributed by atoms with Crippen molar-refractivity contribution in [2.45, 2.75) is 58.0 Å². The second kappa shape index (κ2) is 6.40. The summed E-state index contributed by atoms with van der Waals surface area (Å²) >= 11 is 0. The van der Waals surface area contributed by atoms with Crippen LogP contribution in [0, 0.1) is 28.6 Å². The van der Waals surface area contributed by atoms with Gasteiger partial charge in [-0.3, -0.25) is 14.5 Å². The standard InChI is InChI=1S/C23H34N2O3/c1-22-9-7-20(26)24(3)19(22)5-4-15-16(22)6-8-23(2)17(15)14-18(21(23)27)25-10-12-28-13-11-25/h7,9,15-19H,4-6,8,10-14H2,1-3H3/t15?,16?,17-,18-,19+,22+,23-/m0/s1. The molecular formula is C23H34N2O3. The zero-order valence-corrected chi connectivity index (χ0v) is 17.5. The van der Waals surface area contributed by atoms with Gasteiger partial charge in [-0.15, -0.1) is 0 Å². The summed E-state index contributed by atoms with van der Waals surface area (Å²) in [5.74, 6) is 2.30. The lowest BCUT2D eigenvalue weighted by Gasteiger charge is -2.59. The predicted octanol–water partition coefficient (Wildman–Crippen LogP) is 2.51. The number of Topliss-reactive ketones (excluding diaryl/α,β-unsaturated/α-hetero) is 1. The van der Waals surface area contributed by atoms with Crippen molar-refractivity contribution in [3.8, 4) is 0 Å². The molecule has 5 heteroatoms. The minimum atomic E-state index is -0.159. The maximum atomic E-state index is 13.5. The average Bonchev–Trinajstić information content (AvgIpc) is 2.97. The van der Waals surface area contributed by atoms with Crippen LogP contribution < -0.4 is 0 Å². The number of carbonyl (C=O) groups excluding carboxylic acids is 2. The molecule has 2 heterocycles. The number of morpholine rings is 1. The third-order valence-corrected chi connectivity index (χ3v) is 9.35. The van der Waals surface area contributed by atoms with Crippen molar-refractivity contribution in [2.75, 3.05) is 33.4 Å². The van der Waals surface area contributed by atoms with E-state index in [0.29, 0.717) is 29.6 Å². The Hall–Kier alpha value is -1.20. The van der Waals surface area contributed by atoms with Crippen LogP contribution in [0.3, 0.4) is 0 Å². The predicted molar refractivity (Wildman–Crippen MR) is 107 cm³/mol. The lowest BCUT2D eigenvalue weighted by molar-refractivity contribution is -0.142. The molecule has 5 rings (SSSR count). The van der Waals surface area contributed by atoms with Crippen LogP contribution >= 0.6 is 0 Å². The zero-order valence-electron chi connectivity index (χ0n) is 17.5. The summed E-state index contributed by atoms with van der Waals surface area (Å²) in [6.45, 7) is 7.92. The molecule has 4 fully saturated rings. The highest BCUT2D eigenvalue weighted by Gasteiger charge is 2.63. The Labute approximate surface area is 168 Å². The first-order chi connectivity index (χ1) is 13.4. The second-order valence-corrected chi connectivity index (χ2v) is 10.3. The van der Waals surface area contributed by atoms with Gasteiger partial charge in [0.25, 0.3) is 0 Å². The summed E-state index contributed by atoms with van der Waals surface area (Å²) in [5, 5.41) is 0. The summed E-state index contributed by atoms with van der Waals surface area (Å²) in [4.78, 5) is 30.1. The molecule has 1 saturated heterocycles. The van der Waals surface area contributed by atoms with Crippen LogP contribution in [0.2, 0.25) is 0 Å². The van der Waals surface area contributed by atoms with Crippen molar-refractivity contribution in [1.82, 2.24) is 9.80 Å². The van der Waals surface area contributed by atoms with Gasteiger partial charge in [0.2, 0.25) is 5.91 Å². The summed E-state index contributed by atoms with van der Waals surface area (Å²) in [6.07, 6.45) is 9.37. The minimum absolute atomic E-state index is 0.0486. The first-order valence-corrected chi connectivity index (χ1v) is 11.2. The van der Waals surface area contributed by atoms with Crippen LogP contribution in [-0.2, 0) is 14.3 Å². The number of hydrogen-bond donors (Lipinski definition) is 0. The van der Waals surface area contributed by atoms with Gasteiger partial charge in [-0.1, -0.05) is 19.9 Å². The van der Waals surface area contributed by atoms with E-state index in [2.05, 4.69) is 24.8 Å². The normalized spacial score (nSPS) is 49.0. The van der Waals surface area contributed by atoms with Crippen molar-refractivity contribution in [3.63, 3.8) is 0 Å². The van der Waals surface area contributed by atoms with Crippen LogP contribution in [0.1, 0.15) is 46.0 Å². The maximum absolute atomic E-state index is 13.5. The van der Waals surface area contributed by atoms with Gasteiger partial charge in [-0.05, 0) is 55.9 Å². The number of ketones is 1. The largest absolute Gasteiger partial charge is 0.379 e. The lowest BCUT2D eigenvalue weighted by Crippen LogP contribution is -2.59. The molecule has 2 aliphatic heterocycles. The lowest BCUT2D eigenvalue weighted by atomic mass is 9.48. The van der Waals surface area contributed by atoms with E-state index < -0.39 is 0 Å². The summed E-state index contributed by atoms with van der Waals surface area (Å²) < 4.78 is 5.52. The van der Waals surface area contributed by atoms with E-state index in [1.54, 1.807) is 6.08 Å². The smallest absolute Gasteiger partial charge is 0.246 e. The monoisotopic (exact) mass is 386 g/mol. The van der Waals surface area contributed by atoms with E-state index in [-0.39, 0.29) is 22.8 Å². The first-order valence-electron chi connectivity index (χ1n) is 11.2. The number of nitrogens with zero attached hydrogens (tertiary/aromatic N) is 2. The van der Waals surface area contributed by atoms with Crippen LogP contribution in [0.4, 0.5) is 0 Å². The zero-order chi connectivity index (χ0) is 19.7. The van der Waals surface area contributed by atoms with E-state index in [1.165, 1.54) is 0 Å². The molecule has 0 aromatic heterocycles. The van der Waals surface area contributed by atoms with Crippen LogP contribution in [0.25, 0.3) is 0 Å². The van der Waals surface area contributed by atoms with Gasteiger partial charge in [0.1, 0.15) is 0 Å². The van der Waals surface area contributed by atoms with E-state index in [1.807, 2.05) is 11.9 Å². The third-order valence-electron chi connectivity index (χ3n) is 9.35. The molecule has 0 aromatic rings. The van der Waals surface area contributed by atoms with Crippen LogP contribution in [0.15, 0.2) is 12.2 Å². The van der Waals surface area contributed by atoms with Gasteiger partial charge >= 0.3 is 0 Å². The van der Waals surface area contributed by atoms with Crippen LogP contribution in [0.5, 0.6) is 0 Å². The van der Waals surface area contributed by atoms with Crippen molar-refractivity contribution < 1.29 is 14.3 Å². The fraction of sp³-hybridized carbons (Fsp3) is 0.826. The van der Waals surface area contributed by atoms with Gasteiger partial charge in [-0.2, -0.15) is 0 Å². The fourth-order valence-corrected chi connectivity index (χ4v) is 7.73. The molecule has 3 aliphatic carbocycles. The van der Waals surface area contributed by atoms with E-state index in [0.717, 1.165) is 58.4 Å². The first kappa shape index (κ1) is 18.8. The van der Waals surface area contributed by atoms with Gasteiger partial charge in [0.05, 0.1) is 19.3 Å². The molecule has 0 spiro atoms. The highest BCUT2D eigenvalue weighted by molar-refractivity contribution is 5.92. The van der Waals surface area contributed by atoms with Gasteiger partial charge in [-0.25, -0.2) is 0 Å². The van der Waals surface area contributed by atoms with Gasteiger partial charge in [0.15, 0.2) is 5.78 Å². The molecule has 0 radical (unpaired) electrons. The van der Waals surface area contributed by atoms with E-state index >= 15 is 0 Å². The van der Waals surface area contributed by atoms with E-state index in [9.17, 15) is 9.59 Å². The number of hydrogen-bond acceptors (Lipinski definition) is 4. The Morgan fingerprint density at radius 3 is 2.57 bits per heavy atom. The van der Waals surface area contributed by atoms with Crippen molar-refractivity contribution in [1.29, 1.82) is 0 Å². The number of fused-ring (bicyclic) bond motifs is 5. The number of likely N-dealkylation sites (N-methyl/N-ethyl adjacent to an activating group) is 1. The molecule has 7 atom stereocenters. The number of carbonyl (C=O) groups is 2. The summed E-state index contributed by atoms with van der Waals surface area (Å²) in [5.41, 5.74) is -0.111. The molecule has 154 valence electrons. The molecule has 0 bridgehead atoms. The minimum Gasteiger partial charge on any atom is -0.379 e. The maximum Gasteiger partial charge on any atom is 0.246 e. The average molecular weight is 387 g/mol. The number of rotatable bonds is 1. The SMILES string of the molecule is CN1C(=O)C=C[C@]2(C)C3CC[C@]4(C)C(=O)[C@@H](N5CCOCC5)C[C@H]4C3CC[C@@H]12. The highest BCUT2D eigenvalue weighted by atomic mass is 16.5. The molecule has 28 heavy (non-hydrogen) atoms. The summed E-state index contributed by atoms with van der Waals surface area (Å²) in [7, 11) is 1.97. The molecular weight excluding hydrogens is 352 g/mol. The second-order valence-electron chi connectivity index (χ2n) is 10.3. The molecule has 5 nitrogen and oxygen atoms in total. The number of ether oxygens (including phenoxy) is 1. The van der Waals surface area contributed by atoms with Crippen molar-refractivity contribution in [2.24, 2.45) is 28.6 Å². The quantitative estimate of drug-likeness (QED) is 0.695. The fourth-order valence-electron chi connectivity index (χ4n) is 7.73. The van der Waals surface area contributed by atoms with Gasteiger partial charge < -0.3 is 9.64 Å². The Balaban J connectivity index is 1.44. The molecule has 3 saturated carbocycles. The topological polar surface area (TPSA) is 49.9 Å².